The molecule has 1 saturated heterocycles. The molecular weight excluding hydrogens is 188 g/mol. The van der Waals surface area contributed by atoms with Gasteiger partial charge in [-0.25, -0.2) is 0 Å². The molecule has 5 heteroatoms. The Labute approximate surface area is 84.0 Å². The molecule has 1 atom stereocenters. The Bertz CT molecular complexity index is 170. The van der Waals surface area contributed by atoms with Gasteiger partial charge < -0.3 is 10.1 Å². The molecule has 1 N–H and O–H groups in total. The maximum absolute atomic E-state index is 11.3. The summed E-state index contributed by atoms with van der Waals surface area (Å²) in [5, 5.41) is 2.66. The lowest BCUT2D eigenvalue weighted by molar-refractivity contribution is -0.123. The minimum Gasteiger partial charge on any atom is -0.379 e. The van der Waals surface area contributed by atoms with Crippen molar-refractivity contribution in [3.8, 4) is 0 Å². The van der Waals surface area contributed by atoms with E-state index in [4.69, 9.17) is 4.74 Å². The van der Waals surface area contributed by atoms with Gasteiger partial charge in [0.1, 0.15) is 0 Å². The van der Waals surface area contributed by atoms with Crippen molar-refractivity contribution in [3.05, 3.63) is 0 Å². The van der Waals surface area contributed by atoms with Crippen LogP contribution in [0.25, 0.3) is 0 Å². The van der Waals surface area contributed by atoms with Gasteiger partial charge in [-0.2, -0.15) is 12.6 Å². The third kappa shape index (κ3) is 4.50. The zero-order valence-corrected chi connectivity index (χ0v) is 8.72. The van der Waals surface area contributed by atoms with E-state index in [9.17, 15) is 4.79 Å². The normalized spacial score (nSPS) is 21.1. The monoisotopic (exact) mass is 204 g/mol. The number of hydrogen-bond acceptors (Lipinski definition) is 4. The fraction of sp³-hybridized carbons (Fsp3) is 0.875. The molecule has 0 spiro atoms. The van der Waals surface area contributed by atoms with Crippen molar-refractivity contribution in [2.24, 2.45) is 0 Å². The van der Waals surface area contributed by atoms with E-state index in [2.05, 4.69) is 22.8 Å². The summed E-state index contributed by atoms with van der Waals surface area (Å²) < 4.78 is 5.17. The molecular formula is C8H16N2O2S. The molecule has 0 aliphatic carbocycles. The number of ether oxygens (including phenoxy) is 1. The van der Waals surface area contributed by atoms with Crippen LogP contribution >= 0.6 is 12.6 Å². The van der Waals surface area contributed by atoms with Crippen LogP contribution < -0.4 is 5.32 Å². The molecule has 76 valence electrons. The Kier molecular flexibility index (Phi) is 4.55. The number of amides is 1. The van der Waals surface area contributed by atoms with Gasteiger partial charge in [0.2, 0.25) is 5.91 Å². The smallest absolute Gasteiger partial charge is 0.235 e. The highest BCUT2D eigenvalue weighted by Crippen LogP contribution is 1.96. The van der Waals surface area contributed by atoms with Gasteiger partial charge in [-0.15, -0.1) is 0 Å². The van der Waals surface area contributed by atoms with Crippen LogP contribution in [0.3, 0.4) is 0 Å². The van der Waals surface area contributed by atoms with E-state index in [0.29, 0.717) is 6.54 Å². The maximum Gasteiger partial charge on any atom is 0.235 e. The van der Waals surface area contributed by atoms with Crippen molar-refractivity contribution in [1.82, 2.24) is 10.2 Å². The summed E-state index contributed by atoms with van der Waals surface area (Å²) in [7, 11) is 0. The summed E-state index contributed by atoms with van der Waals surface area (Å²) in [5.74, 6) is 0.0319. The Morgan fingerprint density at radius 1 is 1.62 bits per heavy atom. The van der Waals surface area contributed by atoms with E-state index in [1.54, 1.807) is 0 Å². The van der Waals surface area contributed by atoms with Crippen LogP contribution in [0.1, 0.15) is 6.92 Å². The van der Waals surface area contributed by atoms with Crippen LogP contribution in [0.2, 0.25) is 0 Å². The molecule has 0 aromatic carbocycles. The molecule has 1 aliphatic heterocycles. The summed E-state index contributed by atoms with van der Waals surface area (Å²) in [6.45, 7) is 5.42. The molecule has 1 rings (SSSR count). The summed E-state index contributed by atoms with van der Waals surface area (Å²) in [6, 6.07) is 0. The second-order valence-corrected chi connectivity index (χ2v) is 3.91. The fourth-order valence-corrected chi connectivity index (χ4v) is 1.38. The van der Waals surface area contributed by atoms with Crippen molar-refractivity contribution in [1.29, 1.82) is 0 Å². The highest BCUT2D eigenvalue weighted by Gasteiger charge is 2.14. The Morgan fingerprint density at radius 2 is 2.23 bits per heavy atom. The molecule has 1 amide bonds. The van der Waals surface area contributed by atoms with Crippen LogP contribution in [0.15, 0.2) is 0 Å². The van der Waals surface area contributed by atoms with Crippen molar-refractivity contribution in [2.75, 3.05) is 32.8 Å². The van der Waals surface area contributed by atoms with E-state index in [-0.39, 0.29) is 11.3 Å². The van der Waals surface area contributed by atoms with Crippen LogP contribution in [-0.2, 0) is 9.53 Å². The second kappa shape index (κ2) is 5.47. The first-order chi connectivity index (χ1) is 6.18. The van der Waals surface area contributed by atoms with Crippen molar-refractivity contribution >= 4 is 18.5 Å². The van der Waals surface area contributed by atoms with Gasteiger partial charge in [0.25, 0.3) is 0 Å². The summed E-state index contributed by atoms with van der Waals surface area (Å²) in [6.07, 6.45) is 0. The number of rotatable bonds is 3. The molecule has 0 bridgehead atoms. The third-order valence-electron chi connectivity index (χ3n) is 1.84. The quantitative estimate of drug-likeness (QED) is 0.490. The number of carbonyl (C=O) groups excluding carboxylic acids is 1. The van der Waals surface area contributed by atoms with E-state index in [1.807, 2.05) is 6.92 Å². The third-order valence-corrected chi connectivity index (χ3v) is 1.97. The average Bonchev–Trinajstić information content (AvgIpc) is 2.04. The predicted octanol–water partition coefficient (Wildman–Crippen LogP) is -0.289. The fourth-order valence-electron chi connectivity index (χ4n) is 1.24. The summed E-state index contributed by atoms with van der Waals surface area (Å²) >= 11 is 4.08. The largest absolute Gasteiger partial charge is 0.379 e. The van der Waals surface area contributed by atoms with Crippen LogP contribution in [0, 0.1) is 0 Å². The number of thiol groups is 1. The number of nitrogens with zero attached hydrogens (tertiary/aromatic N) is 1. The maximum atomic E-state index is 11.3. The molecule has 0 aromatic heterocycles. The van der Waals surface area contributed by atoms with Crippen LogP contribution in [0.4, 0.5) is 0 Å². The number of carbonyl (C=O) groups is 1. The van der Waals surface area contributed by atoms with Crippen molar-refractivity contribution in [3.63, 3.8) is 0 Å². The van der Waals surface area contributed by atoms with Crippen molar-refractivity contribution < 1.29 is 9.53 Å². The van der Waals surface area contributed by atoms with Gasteiger partial charge in [-0.05, 0) is 6.92 Å². The Balaban J connectivity index is 2.18. The zero-order chi connectivity index (χ0) is 9.68. The lowest BCUT2D eigenvalue weighted by Crippen LogP contribution is -2.44. The minimum atomic E-state index is -0.0754. The van der Waals surface area contributed by atoms with Gasteiger partial charge in [0, 0.05) is 13.1 Å². The molecule has 0 aromatic rings. The highest BCUT2D eigenvalue weighted by atomic mass is 32.1. The van der Waals surface area contributed by atoms with E-state index in [1.165, 1.54) is 0 Å². The second-order valence-electron chi connectivity index (χ2n) is 3.13. The molecule has 4 nitrogen and oxygen atoms in total. The lowest BCUT2D eigenvalue weighted by Gasteiger charge is -2.26. The number of hydrogen-bond donors (Lipinski definition) is 2. The standard InChI is InChI=1S/C8H16N2O2S/c1-7(13)9-8(11)6-10-2-4-12-5-3-10/h7,13H,2-6H2,1H3,(H,9,11). The average molecular weight is 204 g/mol. The summed E-state index contributed by atoms with van der Waals surface area (Å²) in [4.78, 5) is 13.4. The molecule has 0 radical (unpaired) electrons. The number of morpholine rings is 1. The Hall–Kier alpha value is -0.260. The molecule has 13 heavy (non-hydrogen) atoms. The van der Waals surface area contributed by atoms with Gasteiger partial charge in [-0.1, -0.05) is 0 Å². The molecule has 1 fully saturated rings. The predicted molar refractivity (Wildman–Crippen MR) is 53.8 cm³/mol. The van der Waals surface area contributed by atoms with Gasteiger partial charge in [-0.3, -0.25) is 9.69 Å². The lowest BCUT2D eigenvalue weighted by atomic mass is 10.4. The Morgan fingerprint density at radius 3 is 2.77 bits per heavy atom. The summed E-state index contributed by atoms with van der Waals surface area (Å²) in [5.41, 5.74) is 0. The molecule has 0 saturated carbocycles. The first-order valence-electron chi connectivity index (χ1n) is 4.46. The molecule has 1 aliphatic rings. The zero-order valence-electron chi connectivity index (χ0n) is 7.82. The first-order valence-corrected chi connectivity index (χ1v) is 4.97. The van der Waals surface area contributed by atoms with Gasteiger partial charge in [0.15, 0.2) is 0 Å². The first kappa shape index (κ1) is 10.8. The number of nitrogens with one attached hydrogen (secondary N) is 1. The van der Waals surface area contributed by atoms with Crippen LogP contribution in [0.5, 0.6) is 0 Å². The SMILES string of the molecule is CC(S)NC(=O)CN1CCOCC1. The van der Waals surface area contributed by atoms with Gasteiger partial charge in [0.05, 0.1) is 25.1 Å². The van der Waals surface area contributed by atoms with E-state index < -0.39 is 0 Å². The van der Waals surface area contributed by atoms with Gasteiger partial charge >= 0.3 is 0 Å². The van der Waals surface area contributed by atoms with E-state index >= 15 is 0 Å². The van der Waals surface area contributed by atoms with E-state index in [0.717, 1.165) is 26.3 Å². The molecule has 1 heterocycles. The molecule has 1 unspecified atom stereocenters. The topological polar surface area (TPSA) is 41.6 Å². The highest BCUT2D eigenvalue weighted by molar-refractivity contribution is 7.80. The van der Waals surface area contributed by atoms with Crippen molar-refractivity contribution in [2.45, 2.75) is 12.3 Å². The minimum absolute atomic E-state index is 0.0319. The van der Waals surface area contributed by atoms with Crippen LogP contribution in [-0.4, -0.2) is 49.0 Å².